The smallest absolute Gasteiger partial charge is 0.260 e. The topological polar surface area (TPSA) is 50.8 Å². The van der Waals surface area contributed by atoms with E-state index in [2.05, 4.69) is 41.4 Å². The van der Waals surface area contributed by atoms with Gasteiger partial charge in [-0.2, -0.15) is 0 Å². The molecule has 0 radical (unpaired) electrons. The highest BCUT2D eigenvalue weighted by Gasteiger charge is 2.24. The van der Waals surface area contributed by atoms with Crippen molar-refractivity contribution in [1.29, 1.82) is 0 Å². The summed E-state index contributed by atoms with van der Waals surface area (Å²) in [5, 5.41) is 3.63. The van der Waals surface area contributed by atoms with Crippen molar-refractivity contribution in [3.63, 3.8) is 0 Å². The lowest BCUT2D eigenvalue weighted by Gasteiger charge is -2.35. The summed E-state index contributed by atoms with van der Waals surface area (Å²) >= 11 is 5.98. The molecule has 1 aliphatic rings. The number of amides is 1. The third-order valence-corrected chi connectivity index (χ3v) is 5.10. The average Bonchev–Trinajstić information content (AvgIpc) is 2.69. The van der Waals surface area contributed by atoms with Crippen molar-refractivity contribution in [2.45, 2.75) is 26.0 Å². The number of benzene rings is 2. The van der Waals surface area contributed by atoms with E-state index in [0.717, 1.165) is 13.1 Å². The van der Waals surface area contributed by atoms with Crippen molar-refractivity contribution in [3.8, 4) is 5.75 Å². The quantitative estimate of drug-likeness (QED) is 0.768. The van der Waals surface area contributed by atoms with Crippen LogP contribution in [0.15, 0.2) is 48.5 Å². The van der Waals surface area contributed by atoms with Gasteiger partial charge >= 0.3 is 0 Å². The number of rotatable bonds is 7. The van der Waals surface area contributed by atoms with Gasteiger partial charge in [0.25, 0.3) is 5.91 Å². The zero-order valence-electron chi connectivity index (χ0n) is 16.4. The molecule has 0 bridgehead atoms. The van der Waals surface area contributed by atoms with Gasteiger partial charge in [0.2, 0.25) is 0 Å². The van der Waals surface area contributed by atoms with Crippen molar-refractivity contribution in [2.24, 2.45) is 0 Å². The fourth-order valence-electron chi connectivity index (χ4n) is 3.36. The van der Waals surface area contributed by atoms with Gasteiger partial charge in [-0.05, 0) is 37.6 Å². The van der Waals surface area contributed by atoms with Crippen LogP contribution in [-0.4, -0.2) is 49.8 Å². The Bertz CT molecular complexity index is 793. The molecule has 0 saturated carbocycles. The Labute approximate surface area is 171 Å². The van der Waals surface area contributed by atoms with Crippen LogP contribution in [0.25, 0.3) is 0 Å². The van der Waals surface area contributed by atoms with E-state index < -0.39 is 6.10 Å². The minimum atomic E-state index is -0.610. The molecule has 2 aromatic carbocycles. The van der Waals surface area contributed by atoms with Crippen molar-refractivity contribution >= 4 is 17.5 Å². The summed E-state index contributed by atoms with van der Waals surface area (Å²) in [6, 6.07) is 15.6. The van der Waals surface area contributed by atoms with Crippen molar-refractivity contribution in [1.82, 2.24) is 10.2 Å². The number of aryl methyl sites for hydroxylation is 1. The molecule has 0 spiro atoms. The predicted molar refractivity (Wildman–Crippen MR) is 111 cm³/mol. The fraction of sp³-hybridized carbons (Fsp3) is 0.409. The number of hydrogen-bond donors (Lipinski definition) is 1. The number of carbonyl (C=O) groups excluding carboxylic acids is 1. The first-order valence-corrected chi connectivity index (χ1v) is 9.99. The van der Waals surface area contributed by atoms with Gasteiger partial charge in [-0.15, -0.1) is 0 Å². The predicted octanol–water partition coefficient (Wildman–Crippen LogP) is 3.61. The zero-order chi connectivity index (χ0) is 19.9. The summed E-state index contributed by atoms with van der Waals surface area (Å²) in [7, 11) is 0. The highest BCUT2D eigenvalue weighted by Crippen LogP contribution is 2.23. The Kier molecular flexibility index (Phi) is 7.31. The summed E-state index contributed by atoms with van der Waals surface area (Å²) in [6.45, 7) is 7.47. The van der Waals surface area contributed by atoms with Gasteiger partial charge in [-0.1, -0.05) is 47.5 Å². The van der Waals surface area contributed by atoms with Crippen LogP contribution in [0.2, 0.25) is 5.02 Å². The molecule has 2 atom stereocenters. The van der Waals surface area contributed by atoms with Crippen LogP contribution in [0, 0.1) is 6.92 Å². The molecule has 3 rings (SSSR count). The molecule has 2 aromatic rings. The summed E-state index contributed by atoms with van der Waals surface area (Å²) in [5.41, 5.74) is 2.41. The van der Waals surface area contributed by atoms with Gasteiger partial charge in [0, 0.05) is 24.7 Å². The van der Waals surface area contributed by atoms with Crippen LogP contribution in [0.5, 0.6) is 5.75 Å². The second-order valence-corrected chi connectivity index (χ2v) is 7.48. The van der Waals surface area contributed by atoms with E-state index in [-0.39, 0.29) is 11.9 Å². The van der Waals surface area contributed by atoms with Gasteiger partial charge in [-0.3, -0.25) is 9.69 Å². The Morgan fingerprint density at radius 2 is 1.96 bits per heavy atom. The van der Waals surface area contributed by atoms with Crippen molar-refractivity contribution < 1.29 is 14.3 Å². The Hall–Kier alpha value is -2.08. The molecule has 1 aliphatic heterocycles. The van der Waals surface area contributed by atoms with E-state index >= 15 is 0 Å². The highest BCUT2D eigenvalue weighted by atomic mass is 35.5. The summed E-state index contributed by atoms with van der Waals surface area (Å²) in [5.74, 6) is 0.435. The van der Waals surface area contributed by atoms with Gasteiger partial charge in [-0.25, -0.2) is 0 Å². The van der Waals surface area contributed by atoms with Gasteiger partial charge in [0.05, 0.1) is 19.3 Å². The standard InChI is InChI=1S/C22H27ClN2O3/c1-16-5-3-6-18(13-16)21(25-9-11-27-12-10-25)15-24-22(26)17(2)28-20-8-4-7-19(23)14-20/h3-8,13-14,17,21H,9-12,15H2,1-2H3,(H,24,26). The maximum absolute atomic E-state index is 12.6. The van der Waals surface area contributed by atoms with E-state index in [4.69, 9.17) is 21.1 Å². The molecule has 5 nitrogen and oxygen atoms in total. The number of morpholine rings is 1. The van der Waals surface area contributed by atoms with Crippen LogP contribution in [0.4, 0.5) is 0 Å². The van der Waals surface area contributed by atoms with E-state index in [1.807, 2.05) is 0 Å². The third-order valence-electron chi connectivity index (χ3n) is 4.86. The van der Waals surface area contributed by atoms with Crippen LogP contribution in [0.3, 0.4) is 0 Å². The number of halogens is 1. The minimum absolute atomic E-state index is 0.103. The highest BCUT2D eigenvalue weighted by molar-refractivity contribution is 6.30. The third kappa shape index (κ3) is 5.71. The molecule has 1 saturated heterocycles. The number of hydrogen-bond acceptors (Lipinski definition) is 4. The monoisotopic (exact) mass is 402 g/mol. The van der Waals surface area contributed by atoms with Crippen LogP contribution in [0.1, 0.15) is 24.1 Å². The first-order valence-electron chi connectivity index (χ1n) is 9.61. The fourth-order valence-corrected chi connectivity index (χ4v) is 3.54. The first kappa shape index (κ1) is 20.6. The van der Waals surface area contributed by atoms with E-state index in [1.165, 1.54) is 11.1 Å². The summed E-state index contributed by atoms with van der Waals surface area (Å²) in [6.07, 6.45) is -0.610. The van der Waals surface area contributed by atoms with Crippen molar-refractivity contribution in [3.05, 3.63) is 64.7 Å². The molecule has 0 aliphatic carbocycles. The zero-order valence-corrected chi connectivity index (χ0v) is 17.1. The first-order chi connectivity index (χ1) is 13.5. The Morgan fingerprint density at radius 1 is 1.21 bits per heavy atom. The normalized spacial score (nSPS) is 17.0. The molecule has 6 heteroatoms. The molecule has 1 N–H and O–H groups in total. The maximum Gasteiger partial charge on any atom is 0.260 e. The van der Waals surface area contributed by atoms with Crippen LogP contribution >= 0.6 is 11.6 Å². The second kappa shape index (κ2) is 9.92. The Morgan fingerprint density at radius 3 is 2.68 bits per heavy atom. The minimum Gasteiger partial charge on any atom is -0.481 e. The number of ether oxygens (including phenoxy) is 2. The lowest BCUT2D eigenvalue weighted by molar-refractivity contribution is -0.127. The average molecular weight is 403 g/mol. The molecule has 2 unspecified atom stereocenters. The van der Waals surface area contributed by atoms with Gasteiger partial charge in [0.1, 0.15) is 5.75 Å². The Balaban J connectivity index is 1.64. The molecular weight excluding hydrogens is 376 g/mol. The lowest BCUT2D eigenvalue weighted by Crippen LogP contribution is -2.45. The van der Waals surface area contributed by atoms with Crippen molar-refractivity contribution in [2.75, 3.05) is 32.8 Å². The van der Waals surface area contributed by atoms with Crippen LogP contribution in [-0.2, 0) is 9.53 Å². The second-order valence-electron chi connectivity index (χ2n) is 7.04. The molecule has 0 aromatic heterocycles. The van der Waals surface area contributed by atoms with E-state index in [9.17, 15) is 4.79 Å². The number of carbonyl (C=O) groups is 1. The SMILES string of the molecule is Cc1cccc(C(CNC(=O)C(C)Oc2cccc(Cl)c2)N2CCOCC2)c1. The number of nitrogens with one attached hydrogen (secondary N) is 1. The lowest BCUT2D eigenvalue weighted by atomic mass is 10.0. The summed E-state index contributed by atoms with van der Waals surface area (Å²) in [4.78, 5) is 15.0. The van der Waals surface area contributed by atoms with E-state index in [1.54, 1.807) is 31.2 Å². The largest absolute Gasteiger partial charge is 0.481 e. The molecule has 1 fully saturated rings. The molecule has 1 amide bonds. The molecule has 150 valence electrons. The maximum atomic E-state index is 12.6. The number of nitrogens with zero attached hydrogens (tertiary/aromatic N) is 1. The van der Waals surface area contributed by atoms with E-state index in [0.29, 0.717) is 30.5 Å². The summed E-state index contributed by atoms with van der Waals surface area (Å²) < 4.78 is 11.2. The van der Waals surface area contributed by atoms with Gasteiger partial charge < -0.3 is 14.8 Å². The van der Waals surface area contributed by atoms with Crippen LogP contribution < -0.4 is 10.1 Å². The molecular formula is C22H27ClN2O3. The van der Waals surface area contributed by atoms with Gasteiger partial charge in [0.15, 0.2) is 6.10 Å². The molecule has 28 heavy (non-hydrogen) atoms. The molecule has 1 heterocycles.